The van der Waals surface area contributed by atoms with Crippen molar-refractivity contribution in [3.05, 3.63) is 41.5 Å². The van der Waals surface area contributed by atoms with Crippen molar-refractivity contribution in [1.82, 2.24) is 0 Å². The van der Waals surface area contributed by atoms with E-state index in [0.29, 0.717) is 6.54 Å². The van der Waals surface area contributed by atoms with E-state index in [1.54, 1.807) is 0 Å². The molecule has 1 atom stereocenters. The Labute approximate surface area is 107 Å². The Morgan fingerprint density at radius 1 is 1.22 bits per heavy atom. The number of carbonyl (C=O) groups excluding carboxylic acids is 1. The van der Waals surface area contributed by atoms with Gasteiger partial charge in [0.1, 0.15) is 6.10 Å². The molecule has 3 nitrogen and oxygen atoms in total. The largest absolute Gasteiger partial charge is 0.454 e. The van der Waals surface area contributed by atoms with Gasteiger partial charge in [0.05, 0.1) is 5.57 Å². The van der Waals surface area contributed by atoms with Gasteiger partial charge in [0.15, 0.2) is 0 Å². The first-order chi connectivity index (χ1) is 8.84. The molecule has 94 valence electrons. The number of anilines is 1. The highest BCUT2D eigenvalue weighted by molar-refractivity contribution is 5.93. The maximum Gasteiger partial charge on any atom is 0.336 e. The number of nitrogens with one attached hydrogen (secondary N) is 1. The molecule has 1 aromatic carbocycles. The SMILES string of the molecule is O=C1OC2CCCCC2=C1CNc1ccccc1. The van der Waals surface area contributed by atoms with Gasteiger partial charge in [0.25, 0.3) is 0 Å². The van der Waals surface area contributed by atoms with Crippen LogP contribution in [0.25, 0.3) is 0 Å². The molecule has 0 aromatic heterocycles. The number of rotatable bonds is 3. The third kappa shape index (κ3) is 2.13. The fraction of sp³-hybridized carbons (Fsp3) is 0.400. The molecule has 0 amide bonds. The summed E-state index contributed by atoms with van der Waals surface area (Å²) in [4.78, 5) is 11.8. The van der Waals surface area contributed by atoms with Gasteiger partial charge in [-0.25, -0.2) is 4.79 Å². The highest BCUT2D eigenvalue weighted by Crippen LogP contribution is 2.34. The van der Waals surface area contributed by atoms with E-state index in [4.69, 9.17) is 4.74 Å². The van der Waals surface area contributed by atoms with Crippen LogP contribution < -0.4 is 5.32 Å². The van der Waals surface area contributed by atoms with E-state index in [1.807, 2.05) is 30.3 Å². The van der Waals surface area contributed by atoms with Crippen molar-refractivity contribution in [3.63, 3.8) is 0 Å². The minimum atomic E-state index is -0.125. The van der Waals surface area contributed by atoms with Crippen LogP contribution in [0.5, 0.6) is 0 Å². The third-order valence-corrected chi connectivity index (χ3v) is 3.68. The molecule has 0 bridgehead atoms. The second-order valence-electron chi connectivity index (χ2n) is 4.86. The molecule has 1 N–H and O–H groups in total. The highest BCUT2D eigenvalue weighted by Gasteiger charge is 2.34. The molecule has 1 fully saturated rings. The van der Waals surface area contributed by atoms with Gasteiger partial charge in [0.2, 0.25) is 0 Å². The van der Waals surface area contributed by atoms with Crippen LogP contribution in [0, 0.1) is 0 Å². The van der Waals surface area contributed by atoms with Crippen LogP contribution in [0.15, 0.2) is 41.5 Å². The fourth-order valence-corrected chi connectivity index (χ4v) is 2.72. The van der Waals surface area contributed by atoms with E-state index in [1.165, 1.54) is 18.4 Å². The van der Waals surface area contributed by atoms with Crippen molar-refractivity contribution in [3.8, 4) is 0 Å². The van der Waals surface area contributed by atoms with Crippen molar-refractivity contribution in [2.45, 2.75) is 31.8 Å². The van der Waals surface area contributed by atoms with E-state index >= 15 is 0 Å². The summed E-state index contributed by atoms with van der Waals surface area (Å²) in [6.45, 7) is 0.578. The van der Waals surface area contributed by atoms with Gasteiger partial charge in [-0.1, -0.05) is 18.2 Å². The van der Waals surface area contributed by atoms with Crippen LogP contribution in [0.3, 0.4) is 0 Å². The summed E-state index contributed by atoms with van der Waals surface area (Å²) < 4.78 is 5.41. The smallest absolute Gasteiger partial charge is 0.336 e. The van der Waals surface area contributed by atoms with Crippen LogP contribution in [0.4, 0.5) is 5.69 Å². The minimum absolute atomic E-state index is 0.0684. The lowest BCUT2D eigenvalue weighted by molar-refractivity contribution is -0.140. The van der Waals surface area contributed by atoms with Gasteiger partial charge < -0.3 is 10.1 Å². The van der Waals surface area contributed by atoms with Gasteiger partial charge in [-0.2, -0.15) is 0 Å². The van der Waals surface area contributed by atoms with E-state index in [-0.39, 0.29) is 12.1 Å². The van der Waals surface area contributed by atoms with Crippen LogP contribution in [0.1, 0.15) is 25.7 Å². The van der Waals surface area contributed by atoms with E-state index in [0.717, 1.165) is 24.1 Å². The number of esters is 1. The number of para-hydroxylation sites is 1. The van der Waals surface area contributed by atoms with Gasteiger partial charge in [0, 0.05) is 12.2 Å². The molecular formula is C15H17NO2. The molecule has 0 radical (unpaired) electrons. The Morgan fingerprint density at radius 3 is 2.89 bits per heavy atom. The van der Waals surface area contributed by atoms with Crippen molar-refractivity contribution < 1.29 is 9.53 Å². The summed E-state index contributed by atoms with van der Waals surface area (Å²) in [6, 6.07) is 9.95. The molecule has 3 rings (SSSR count). The Hall–Kier alpha value is -1.77. The summed E-state index contributed by atoms with van der Waals surface area (Å²) >= 11 is 0. The number of hydrogen-bond donors (Lipinski definition) is 1. The average Bonchev–Trinajstić information content (AvgIpc) is 2.73. The third-order valence-electron chi connectivity index (χ3n) is 3.68. The molecule has 1 aromatic rings. The molecular weight excluding hydrogens is 226 g/mol. The lowest BCUT2D eigenvalue weighted by atomic mass is 9.90. The number of hydrogen-bond acceptors (Lipinski definition) is 3. The summed E-state index contributed by atoms with van der Waals surface area (Å²) in [5.74, 6) is -0.125. The maximum absolute atomic E-state index is 11.8. The summed E-state index contributed by atoms with van der Waals surface area (Å²) in [5, 5.41) is 3.29. The highest BCUT2D eigenvalue weighted by atomic mass is 16.5. The predicted octanol–water partition coefficient (Wildman–Crippen LogP) is 2.89. The minimum Gasteiger partial charge on any atom is -0.454 e. The zero-order valence-electron chi connectivity index (χ0n) is 10.3. The number of benzene rings is 1. The Bertz CT molecular complexity index is 479. The first-order valence-corrected chi connectivity index (χ1v) is 6.56. The maximum atomic E-state index is 11.8. The summed E-state index contributed by atoms with van der Waals surface area (Å²) in [5.41, 5.74) is 3.12. The standard InChI is InChI=1S/C15H17NO2/c17-15-13(10-16-11-6-2-1-3-7-11)12-8-4-5-9-14(12)18-15/h1-3,6-7,14,16H,4-5,8-10H2. The van der Waals surface area contributed by atoms with Crippen molar-refractivity contribution in [2.24, 2.45) is 0 Å². The lowest BCUT2D eigenvalue weighted by Crippen LogP contribution is -2.15. The van der Waals surface area contributed by atoms with E-state index in [9.17, 15) is 4.79 Å². The van der Waals surface area contributed by atoms with Crippen LogP contribution >= 0.6 is 0 Å². The van der Waals surface area contributed by atoms with Gasteiger partial charge >= 0.3 is 5.97 Å². The number of fused-ring (bicyclic) bond motifs is 1. The Balaban J connectivity index is 1.73. The molecule has 1 heterocycles. The molecule has 0 saturated heterocycles. The van der Waals surface area contributed by atoms with E-state index < -0.39 is 0 Å². The average molecular weight is 243 g/mol. The first kappa shape index (κ1) is 11.3. The Morgan fingerprint density at radius 2 is 2.06 bits per heavy atom. The molecule has 0 spiro atoms. The molecule has 1 aliphatic carbocycles. The number of carbonyl (C=O) groups is 1. The molecule has 1 unspecified atom stereocenters. The predicted molar refractivity (Wildman–Crippen MR) is 70.3 cm³/mol. The van der Waals surface area contributed by atoms with Crippen molar-refractivity contribution in [2.75, 3.05) is 11.9 Å². The van der Waals surface area contributed by atoms with Crippen LogP contribution in [-0.4, -0.2) is 18.6 Å². The zero-order chi connectivity index (χ0) is 12.4. The lowest BCUT2D eigenvalue weighted by Gasteiger charge is -2.19. The fourth-order valence-electron chi connectivity index (χ4n) is 2.72. The Kier molecular flexibility index (Phi) is 3.05. The molecule has 3 heteroatoms. The van der Waals surface area contributed by atoms with Gasteiger partial charge in [-0.3, -0.25) is 0 Å². The van der Waals surface area contributed by atoms with Crippen LogP contribution in [-0.2, 0) is 9.53 Å². The zero-order valence-corrected chi connectivity index (χ0v) is 10.3. The molecule has 18 heavy (non-hydrogen) atoms. The topological polar surface area (TPSA) is 38.3 Å². The molecule has 1 aliphatic heterocycles. The van der Waals surface area contributed by atoms with E-state index in [2.05, 4.69) is 5.32 Å². The molecule has 2 aliphatic rings. The summed E-state index contributed by atoms with van der Waals surface area (Å²) in [7, 11) is 0. The number of ether oxygens (including phenoxy) is 1. The monoisotopic (exact) mass is 243 g/mol. The second-order valence-corrected chi connectivity index (χ2v) is 4.86. The van der Waals surface area contributed by atoms with Crippen LogP contribution in [0.2, 0.25) is 0 Å². The summed E-state index contributed by atoms with van der Waals surface area (Å²) in [6.07, 6.45) is 4.43. The second kappa shape index (κ2) is 4.84. The normalized spacial score (nSPS) is 22.7. The van der Waals surface area contributed by atoms with Gasteiger partial charge in [-0.15, -0.1) is 0 Å². The van der Waals surface area contributed by atoms with Gasteiger partial charge in [-0.05, 0) is 43.4 Å². The molecule has 1 saturated carbocycles. The quantitative estimate of drug-likeness (QED) is 0.829. The van der Waals surface area contributed by atoms with Crippen molar-refractivity contribution >= 4 is 11.7 Å². The van der Waals surface area contributed by atoms with Crippen molar-refractivity contribution in [1.29, 1.82) is 0 Å². The first-order valence-electron chi connectivity index (χ1n) is 6.56.